The molecule has 1 aromatic heterocycles. The van der Waals surface area contributed by atoms with Gasteiger partial charge in [0, 0.05) is 26.0 Å². The van der Waals surface area contributed by atoms with Gasteiger partial charge in [-0.2, -0.15) is 0 Å². The molecule has 0 spiro atoms. The third-order valence-electron chi connectivity index (χ3n) is 3.51. The van der Waals surface area contributed by atoms with Gasteiger partial charge >= 0.3 is 0 Å². The molecule has 0 amide bonds. The van der Waals surface area contributed by atoms with Gasteiger partial charge in [0.1, 0.15) is 12.4 Å². The number of hydrogen-bond donors (Lipinski definition) is 1. The van der Waals surface area contributed by atoms with E-state index >= 15 is 0 Å². The van der Waals surface area contributed by atoms with Crippen molar-refractivity contribution in [2.24, 2.45) is 0 Å². The molecule has 5 nitrogen and oxygen atoms in total. The van der Waals surface area contributed by atoms with Gasteiger partial charge in [-0.1, -0.05) is 12.8 Å². The number of hydrogen-bond acceptors (Lipinski definition) is 5. The first-order valence-electron chi connectivity index (χ1n) is 6.85. The largest absolute Gasteiger partial charge is 0.379 e. The summed E-state index contributed by atoms with van der Waals surface area (Å²) < 4.78 is 10.6. The maximum absolute atomic E-state index is 5.55. The van der Waals surface area contributed by atoms with Gasteiger partial charge in [0.15, 0.2) is 5.82 Å². The average Bonchev–Trinajstić information content (AvgIpc) is 2.39. The normalized spacial score (nSPS) is 23.3. The zero-order valence-electron chi connectivity index (χ0n) is 12.0. The molecular weight excluding hydrogens is 242 g/mol. The van der Waals surface area contributed by atoms with Gasteiger partial charge in [0.2, 0.25) is 0 Å². The van der Waals surface area contributed by atoms with Gasteiger partial charge in [-0.25, -0.2) is 9.97 Å². The second-order valence-corrected chi connectivity index (χ2v) is 5.05. The first-order chi connectivity index (χ1) is 9.22. The minimum absolute atomic E-state index is 0.273. The zero-order chi connectivity index (χ0) is 13.7. The first kappa shape index (κ1) is 14.2. The maximum Gasteiger partial charge on any atom is 0.156 e. The van der Waals surface area contributed by atoms with Crippen molar-refractivity contribution in [2.45, 2.75) is 51.4 Å². The molecule has 1 aromatic rings. The minimum atomic E-state index is 0.273. The van der Waals surface area contributed by atoms with Crippen molar-refractivity contribution in [3.63, 3.8) is 0 Å². The van der Waals surface area contributed by atoms with Crippen LogP contribution in [-0.4, -0.2) is 36.3 Å². The predicted octanol–water partition coefficient (Wildman–Crippen LogP) is 2.30. The van der Waals surface area contributed by atoms with Crippen molar-refractivity contribution >= 4 is 5.82 Å². The second-order valence-electron chi connectivity index (χ2n) is 5.05. The molecule has 1 aliphatic carbocycles. The third-order valence-corrected chi connectivity index (χ3v) is 3.51. The van der Waals surface area contributed by atoms with E-state index in [-0.39, 0.29) is 6.10 Å². The van der Waals surface area contributed by atoms with Gasteiger partial charge in [-0.15, -0.1) is 0 Å². The first-order valence-corrected chi connectivity index (χ1v) is 6.85. The van der Waals surface area contributed by atoms with Crippen LogP contribution in [0, 0.1) is 6.92 Å². The molecule has 2 rings (SSSR count). The molecule has 1 aliphatic rings. The summed E-state index contributed by atoms with van der Waals surface area (Å²) in [6.07, 6.45) is 5.00. The summed E-state index contributed by atoms with van der Waals surface area (Å²) in [5.74, 6) is 1.59. The SMILES string of the molecule is COCc1nc(C)cc(N[C@@H]2CCCC[C@H]2OC)n1. The van der Waals surface area contributed by atoms with E-state index in [9.17, 15) is 0 Å². The standard InChI is InChI=1S/C14H23N3O2/c1-10-8-13(17-14(15-10)9-18-2)16-11-6-4-5-7-12(11)19-3/h8,11-12H,4-7,9H2,1-3H3,(H,15,16,17)/t11-,12-/m1/s1. The quantitative estimate of drug-likeness (QED) is 0.885. The molecule has 1 heterocycles. The van der Waals surface area contributed by atoms with Crippen LogP contribution in [0.4, 0.5) is 5.82 Å². The summed E-state index contributed by atoms with van der Waals surface area (Å²) in [6.45, 7) is 2.41. The van der Waals surface area contributed by atoms with Crippen LogP contribution in [0.1, 0.15) is 37.2 Å². The fraction of sp³-hybridized carbons (Fsp3) is 0.714. The van der Waals surface area contributed by atoms with E-state index in [1.165, 1.54) is 12.8 Å². The van der Waals surface area contributed by atoms with E-state index in [4.69, 9.17) is 9.47 Å². The lowest BCUT2D eigenvalue weighted by atomic mass is 9.92. The number of methoxy groups -OCH3 is 2. The molecule has 0 unspecified atom stereocenters. The number of rotatable bonds is 5. The van der Waals surface area contributed by atoms with E-state index < -0.39 is 0 Å². The molecule has 106 valence electrons. The lowest BCUT2D eigenvalue weighted by molar-refractivity contribution is 0.0605. The summed E-state index contributed by atoms with van der Waals surface area (Å²) in [4.78, 5) is 8.83. The van der Waals surface area contributed by atoms with Crippen LogP contribution < -0.4 is 5.32 Å². The number of anilines is 1. The van der Waals surface area contributed by atoms with Gasteiger partial charge in [0.25, 0.3) is 0 Å². The molecule has 5 heteroatoms. The Bertz CT molecular complexity index is 412. The molecule has 0 aliphatic heterocycles. The number of aromatic nitrogens is 2. The highest BCUT2D eigenvalue weighted by Gasteiger charge is 2.25. The van der Waals surface area contributed by atoms with Crippen molar-refractivity contribution in [1.82, 2.24) is 9.97 Å². The number of nitrogens with zero attached hydrogens (tertiary/aromatic N) is 2. The van der Waals surface area contributed by atoms with Gasteiger partial charge < -0.3 is 14.8 Å². The van der Waals surface area contributed by atoms with Crippen LogP contribution in [0.3, 0.4) is 0 Å². The van der Waals surface area contributed by atoms with Gasteiger partial charge in [-0.3, -0.25) is 0 Å². The Morgan fingerprint density at radius 3 is 2.79 bits per heavy atom. The fourth-order valence-electron chi connectivity index (χ4n) is 2.63. The van der Waals surface area contributed by atoms with Crippen LogP contribution in [0.15, 0.2) is 6.07 Å². The smallest absolute Gasteiger partial charge is 0.156 e. The van der Waals surface area contributed by atoms with E-state index in [0.29, 0.717) is 12.6 Å². The lowest BCUT2D eigenvalue weighted by Crippen LogP contribution is -2.38. The zero-order valence-corrected chi connectivity index (χ0v) is 12.0. The summed E-state index contributed by atoms with van der Waals surface area (Å²) in [5, 5.41) is 3.49. The Morgan fingerprint density at radius 1 is 1.26 bits per heavy atom. The minimum Gasteiger partial charge on any atom is -0.379 e. The molecular formula is C14H23N3O2. The van der Waals surface area contributed by atoms with Gasteiger partial charge in [-0.05, 0) is 19.8 Å². The van der Waals surface area contributed by atoms with Crippen LogP contribution in [0.5, 0.6) is 0 Å². The highest BCUT2D eigenvalue weighted by atomic mass is 16.5. The van der Waals surface area contributed by atoms with Crippen LogP contribution in [0.25, 0.3) is 0 Å². The van der Waals surface area contributed by atoms with E-state index in [2.05, 4.69) is 15.3 Å². The maximum atomic E-state index is 5.55. The predicted molar refractivity (Wildman–Crippen MR) is 74.2 cm³/mol. The summed E-state index contributed by atoms with van der Waals surface area (Å²) in [7, 11) is 3.44. The van der Waals surface area contributed by atoms with Crippen LogP contribution in [-0.2, 0) is 16.1 Å². The Hall–Kier alpha value is -1.20. The number of aryl methyl sites for hydroxylation is 1. The number of ether oxygens (including phenoxy) is 2. The Morgan fingerprint density at radius 2 is 2.05 bits per heavy atom. The molecule has 1 saturated carbocycles. The molecule has 0 aromatic carbocycles. The van der Waals surface area contributed by atoms with Crippen molar-refractivity contribution in [3.8, 4) is 0 Å². The fourth-order valence-corrected chi connectivity index (χ4v) is 2.63. The van der Waals surface area contributed by atoms with Crippen molar-refractivity contribution in [1.29, 1.82) is 0 Å². The topological polar surface area (TPSA) is 56.3 Å². The summed E-state index contributed by atoms with van der Waals surface area (Å²) in [6, 6.07) is 2.31. The van der Waals surface area contributed by atoms with Crippen molar-refractivity contribution < 1.29 is 9.47 Å². The van der Waals surface area contributed by atoms with Crippen molar-refractivity contribution in [3.05, 3.63) is 17.6 Å². The Balaban J connectivity index is 2.08. The average molecular weight is 265 g/mol. The van der Waals surface area contributed by atoms with E-state index in [1.54, 1.807) is 14.2 Å². The molecule has 2 atom stereocenters. The Kier molecular flexibility index (Phi) is 5.10. The number of nitrogens with one attached hydrogen (secondary N) is 1. The highest BCUT2D eigenvalue weighted by Crippen LogP contribution is 2.23. The molecule has 0 bridgehead atoms. The molecule has 1 fully saturated rings. The lowest BCUT2D eigenvalue weighted by Gasteiger charge is -2.31. The molecule has 1 N–H and O–H groups in total. The highest BCUT2D eigenvalue weighted by molar-refractivity contribution is 5.37. The molecule has 0 saturated heterocycles. The van der Waals surface area contributed by atoms with E-state index in [0.717, 1.165) is 30.2 Å². The van der Waals surface area contributed by atoms with Crippen LogP contribution >= 0.6 is 0 Å². The van der Waals surface area contributed by atoms with Gasteiger partial charge in [0.05, 0.1) is 12.1 Å². The van der Waals surface area contributed by atoms with Crippen LogP contribution in [0.2, 0.25) is 0 Å². The summed E-state index contributed by atoms with van der Waals surface area (Å²) in [5.41, 5.74) is 0.953. The third kappa shape index (κ3) is 3.88. The monoisotopic (exact) mass is 265 g/mol. The molecule has 19 heavy (non-hydrogen) atoms. The second kappa shape index (κ2) is 6.82. The summed E-state index contributed by atoms with van der Waals surface area (Å²) >= 11 is 0. The Labute approximate surface area is 114 Å². The molecule has 0 radical (unpaired) electrons. The van der Waals surface area contributed by atoms with E-state index in [1.807, 2.05) is 13.0 Å². The van der Waals surface area contributed by atoms with Crippen molar-refractivity contribution in [2.75, 3.05) is 19.5 Å².